The van der Waals surface area contributed by atoms with E-state index in [1.54, 1.807) is 12.1 Å². The van der Waals surface area contributed by atoms with Crippen LogP contribution in [0.5, 0.6) is 0 Å². The SMILES string of the molecule is O=C(CCC(F)(F)F)c1cccc(Br)n1. The Kier molecular flexibility index (Phi) is 3.84. The summed E-state index contributed by atoms with van der Waals surface area (Å²) in [5.41, 5.74) is 0.0497. The average molecular weight is 282 g/mol. The van der Waals surface area contributed by atoms with Crippen LogP contribution in [0.1, 0.15) is 23.3 Å². The van der Waals surface area contributed by atoms with E-state index >= 15 is 0 Å². The van der Waals surface area contributed by atoms with E-state index in [-0.39, 0.29) is 5.69 Å². The highest BCUT2D eigenvalue weighted by molar-refractivity contribution is 9.10. The highest BCUT2D eigenvalue weighted by Crippen LogP contribution is 2.22. The maximum Gasteiger partial charge on any atom is 0.389 e. The van der Waals surface area contributed by atoms with Gasteiger partial charge in [-0.25, -0.2) is 4.98 Å². The molecule has 0 atom stereocenters. The molecule has 1 aromatic rings. The van der Waals surface area contributed by atoms with Crippen LogP contribution < -0.4 is 0 Å². The molecule has 0 aliphatic carbocycles. The van der Waals surface area contributed by atoms with E-state index in [0.29, 0.717) is 4.60 Å². The third-order valence-electron chi connectivity index (χ3n) is 1.64. The number of ketones is 1. The molecule has 0 aromatic carbocycles. The summed E-state index contributed by atoms with van der Waals surface area (Å²) in [5.74, 6) is -0.603. The second kappa shape index (κ2) is 4.74. The Morgan fingerprint density at radius 2 is 2.07 bits per heavy atom. The van der Waals surface area contributed by atoms with Gasteiger partial charge in [-0.1, -0.05) is 6.07 Å². The maximum atomic E-state index is 11.8. The van der Waals surface area contributed by atoms with E-state index in [1.165, 1.54) is 6.07 Å². The Morgan fingerprint density at radius 3 is 2.60 bits per heavy atom. The van der Waals surface area contributed by atoms with Gasteiger partial charge < -0.3 is 0 Å². The normalized spacial score (nSPS) is 11.5. The highest BCUT2D eigenvalue weighted by Gasteiger charge is 2.28. The van der Waals surface area contributed by atoms with E-state index in [0.717, 1.165) is 0 Å². The van der Waals surface area contributed by atoms with E-state index in [1.807, 2.05) is 0 Å². The minimum atomic E-state index is -4.30. The lowest BCUT2D eigenvalue weighted by molar-refractivity contribution is -0.133. The largest absolute Gasteiger partial charge is 0.389 e. The van der Waals surface area contributed by atoms with Crippen LogP contribution in [0.4, 0.5) is 13.2 Å². The molecule has 0 amide bonds. The number of rotatable bonds is 3. The molecule has 0 saturated heterocycles. The first-order valence-corrected chi connectivity index (χ1v) is 4.90. The molecule has 1 aromatic heterocycles. The fourth-order valence-corrected chi connectivity index (χ4v) is 1.29. The zero-order valence-corrected chi connectivity index (χ0v) is 9.10. The number of hydrogen-bond acceptors (Lipinski definition) is 2. The average Bonchev–Trinajstić information content (AvgIpc) is 2.13. The van der Waals surface area contributed by atoms with Crippen LogP contribution in [-0.4, -0.2) is 16.9 Å². The van der Waals surface area contributed by atoms with Gasteiger partial charge >= 0.3 is 6.18 Å². The van der Waals surface area contributed by atoms with Gasteiger partial charge in [-0.15, -0.1) is 0 Å². The molecule has 0 aliphatic heterocycles. The minimum absolute atomic E-state index is 0.0497. The molecule has 0 radical (unpaired) electrons. The smallest absolute Gasteiger partial charge is 0.292 e. The summed E-state index contributed by atoms with van der Waals surface area (Å²) in [7, 11) is 0. The molecule has 6 heteroatoms. The Balaban J connectivity index is 2.62. The lowest BCUT2D eigenvalue weighted by atomic mass is 10.1. The van der Waals surface area contributed by atoms with Crippen molar-refractivity contribution in [2.45, 2.75) is 19.0 Å². The number of hydrogen-bond donors (Lipinski definition) is 0. The van der Waals surface area contributed by atoms with Gasteiger partial charge in [0.05, 0.1) is 6.42 Å². The van der Waals surface area contributed by atoms with Crippen molar-refractivity contribution in [3.05, 3.63) is 28.5 Å². The fraction of sp³-hybridized carbons (Fsp3) is 0.333. The second-order valence-corrected chi connectivity index (χ2v) is 3.70. The number of carbonyl (C=O) groups excluding carboxylic acids is 1. The van der Waals surface area contributed by atoms with Gasteiger partial charge in [0.25, 0.3) is 0 Å². The van der Waals surface area contributed by atoms with Crippen molar-refractivity contribution in [1.82, 2.24) is 4.98 Å². The van der Waals surface area contributed by atoms with Gasteiger partial charge in [-0.3, -0.25) is 4.79 Å². The maximum absolute atomic E-state index is 11.8. The zero-order chi connectivity index (χ0) is 11.5. The first-order valence-electron chi connectivity index (χ1n) is 4.11. The summed E-state index contributed by atoms with van der Waals surface area (Å²) in [5, 5.41) is 0. The standard InChI is InChI=1S/C9H7BrF3NO/c10-8-3-1-2-6(14-8)7(15)4-5-9(11,12)13/h1-3H,4-5H2. The van der Waals surface area contributed by atoms with Crippen LogP contribution in [0.25, 0.3) is 0 Å². The molecule has 0 unspecified atom stereocenters. The van der Waals surface area contributed by atoms with Crippen LogP contribution in [-0.2, 0) is 0 Å². The van der Waals surface area contributed by atoms with Gasteiger partial charge in [-0.05, 0) is 28.1 Å². The first kappa shape index (κ1) is 12.2. The van der Waals surface area contributed by atoms with Gasteiger partial charge in [0.2, 0.25) is 0 Å². The molecule has 1 rings (SSSR count). The van der Waals surface area contributed by atoms with Crippen molar-refractivity contribution in [1.29, 1.82) is 0 Å². The van der Waals surface area contributed by atoms with E-state index in [4.69, 9.17) is 0 Å². The Bertz CT molecular complexity index is 365. The third kappa shape index (κ3) is 4.42. The summed E-state index contributed by atoms with van der Waals surface area (Å²) >= 11 is 3.04. The van der Waals surface area contributed by atoms with Crippen molar-refractivity contribution in [3.8, 4) is 0 Å². The summed E-state index contributed by atoms with van der Waals surface area (Å²) in [6.45, 7) is 0. The number of nitrogens with zero attached hydrogens (tertiary/aromatic N) is 1. The van der Waals surface area contributed by atoms with Crippen LogP contribution in [0.2, 0.25) is 0 Å². The number of pyridine rings is 1. The van der Waals surface area contributed by atoms with E-state index in [9.17, 15) is 18.0 Å². The van der Waals surface area contributed by atoms with E-state index < -0.39 is 24.8 Å². The van der Waals surface area contributed by atoms with Crippen molar-refractivity contribution in [2.24, 2.45) is 0 Å². The summed E-state index contributed by atoms with van der Waals surface area (Å²) < 4.78 is 35.9. The molecular formula is C9H7BrF3NO. The highest BCUT2D eigenvalue weighted by atomic mass is 79.9. The molecule has 0 saturated carbocycles. The van der Waals surface area contributed by atoms with Crippen molar-refractivity contribution >= 4 is 21.7 Å². The number of carbonyl (C=O) groups is 1. The molecule has 0 aliphatic rings. The predicted octanol–water partition coefficient (Wildman–Crippen LogP) is 3.37. The van der Waals surface area contributed by atoms with Crippen LogP contribution in [0, 0.1) is 0 Å². The molecule has 82 valence electrons. The van der Waals surface area contributed by atoms with E-state index in [2.05, 4.69) is 20.9 Å². The van der Waals surface area contributed by atoms with Gasteiger partial charge in [0.15, 0.2) is 5.78 Å². The summed E-state index contributed by atoms with van der Waals surface area (Å²) in [6, 6.07) is 4.54. The fourth-order valence-electron chi connectivity index (χ4n) is 0.947. The Hall–Kier alpha value is -0.910. The van der Waals surface area contributed by atoms with Crippen molar-refractivity contribution < 1.29 is 18.0 Å². The Labute approximate surface area is 92.6 Å². The van der Waals surface area contributed by atoms with Gasteiger partial charge in [0.1, 0.15) is 10.3 Å². The molecule has 0 N–H and O–H groups in total. The lowest BCUT2D eigenvalue weighted by Crippen LogP contribution is -2.11. The molecular weight excluding hydrogens is 275 g/mol. The molecule has 0 spiro atoms. The predicted molar refractivity (Wildman–Crippen MR) is 51.6 cm³/mol. The second-order valence-electron chi connectivity index (χ2n) is 2.88. The number of Topliss-reactive ketones (excluding diaryl/α,β-unsaturated/α-hetero) is 1. The monoisotopic (exact) mass is 281 g/mol. The van der Waals surface area contributed by atoms with Crippen LogP contribution in [0.3, 0.4) is 0 Å². The zero-order valence-electron chi connectivity index (χ0n) is 7.51. The first-order chi connectivity index (χ1) is 6.88. The van der Waals surface area contributed by atoms with Crippen LogP contribution >= 0.6 is 15.9 Å². The van der Waals surface area contributed by atoms with Crippen molar-refractivity contribution in [2.75, 3.05) is 0 Å². The summed E-state index contributed by atoms with van der Waals surface area (Å²) in [6.07, 6.45) is -5.98. The Morgan fingerprint density at radius 1 is 1.40 bits per heavy atom. The van der Waals surface area contributed by atoms with Crippen molar-refractivity contribution in [3.63, 3.8) is 0 Å². The van der Waals surface area contributed by atoms with Crippen LogP contribution in [0.15, 0.2) is 22.8 Å². The molecule has 15 heavy (non-hydrogen) atoms. The summed E-state index contributed by atoms with van der Waals surface area (Å²) in [4.78, 5) is 15.0. The number of aromatic nitrogens is 1. The van der Waals surface area contributed by atoms with Gasteiger partial charge in [-0.2, -0.15) is 13.2 Å². The topological polar surface area (TPSA) is 30.0 Å². The molecule has 0 bridgehead atoms. The quantitative estimate of drug-likeness (QED) is 0.628. The number of alkyl halides is 3. The third-order valence-corrected chi connectivity index (χ3v) is 2.08. The number of halogens is 4. The molecule has 2 nitrogen and oxygen atoms in total. The lowest BCUT2D eigenvalue weighted by Gasteiger charge is -2.04. The molecule has 1 heterocycles. The van der Waals surface area contributed by atoms with Gasteiger partial charge in [0, 0.05) is 6.42 Å². The minimum Gasteiger partial charge on any atom is -0.292 e. The molecule has 0 fully saturated rings.